The second kappa shape index (κ2) is 5.50. The van der Waals surface area contributed by atoms with Gasteiger partial charge in [0.2, 0.25) is 10.0 Å². The maximum absolute atomic E-state index is 12.1. The van der Waals surface area contributed by atoms with Crippen molar-refractivity contribution in [3.05, 3.63) is 42.5 Å². The van der Waals surface area contributed by atoms with Gasteiger partial charge in [-0.1, -0.05) is 17.7 Å². The molecular formula is C12H16N4O2S. The zero-order chi connectivity index (χ0) is 13.9. The lowest BCUT2D eigenvalue weighted by Gasteiger charge is -2.13. The molecule has 19 heavy (non-hydrogen) atoms. The zero-order valence-electron chi connectivity index (χ0n) is 10.8. The number of hydrogen-bond donors (Lipinski definition) is 1. The molecule has 1 atom stereocenters. The van der Waals surface area contributed by atoms with Gasteiger partial charge in [0.05, 0.1) is 10.9 Å². The van der Waals surface area contributed by atoms with E-state index >= 15 is 0 Å². The van der Waals surface area contributed by atoms with Gasteiger partial charge in [-0.15, -0.1) is 0 Å². The van der Waals surface area contributed by atoms with Gasteiger partial charge in [0.1, 0.15) is 12.7 Å². The smallest absolute Gasteiger partial charge is 0.240 e. The molecule has 0 amide bonds. The quantitative estimate of drug-likeness (QED) is 0.890. The summed E-state index contributed by atoms with van der Waals surface area (Å²) in [5.41, 5.74) is 1.02. The molecule has 102 valence electrons. The van der Waals surface area contributed by atoms with Crippen LogP contribution in [0.15, 0.2) is 41.8 Å². The van der Waals surface area contributed by atoms with Crippen LogP contribution in [0.5, 0.6) is 0 Å². The number of benzene rings is 1. The minimum atomic E-state index is -3.47. The fourth-order valence-corrected chi connectivity index (χ4v) is 2.69. The number of rotatable bonds is 5. The SMILES string of the molecule is Cc1ccc(S(=O)(=O)NC[C@H](C)n2cncn2)cc1. The molecule has 0 bridgehead atoms. The van der Waals surface area contributed by atoms with Crippen LogP contribution in [0.4, 0.5) is 0 Å². The summed E-state index contributed by atoms with van der Waals surface area (Å²) >= 11 is 0. The van der Waals surface area contributed by atoms with E-state index < -0.39 is 10.0 Å². The highest BCUT2D eigenvalue weighted by Crippen LogP contribution is 2.10. The van der Waals surface area contributed by atoms with E-state index in [4.69, 9.17) is 0 Å². The molecule has 2 aromatic rings. The first-order chi connectivity index (χ1) is 8.99. The Morgan fingerprint density at radius 2 is 2.00 bits per heavy atom. The van der Waals surface area contributed by atoms with Crippen molar-refractivity contribution in [2.75, 3.05) is 6.54 Å². The maximum Gasteiger partial charge on any atom is 0.240 e. The van der Waals surface area contributed by atoms with Crippen molar-refractivity contribution in [2.24, 2.45) is 0 Å². The molecule has 0 spiro atoms. The largest absolute Gasteiger partial charge is 0.249 e. The Hall–Kier alpha value is -1.73. The van der Waals surface area contributed by atoms with Gasteiger partial charge in [-0.3, -0.25) is 0 Å². The van der Waals surface area contributed by atoms with Crippen molar-refractivity contribution in [1.82, 2.24) is 19.5 Å². The van der Waals surface area contributed by atoms with Crippen LogP contribution in [0.1, 0.15) is 18.5 Å². The first kappa shape index (κ1) is 13.7. The molecule has 0 fully saturated rings. The molecule has 1 N–H and O–H groups in total. The highest BCUT2D eigenvalue weighted by Gasteiger charge is 2.15. The summed E-state index contributed by atoms with van der Waals surface area (Å²) in [6, 6.07) is 6.64. The predicted molar refractivity (Wildman–Crippen MR) is 71.1 cm³/mol. The van der Waals surface area contributed by atoms with Crippen LogP contribution in [0.25, 0.3) is 0 Å². The highest BCUT2D eigenvalue weighted by molar-refractivity contribution is 7.89. The monoisotopic (exact) mass is 280 g/mol. The van der Waals surface area contributed by atoms with E-state index in [1.165, 1.54) is 6.33 Å². The van der Waals surface area contributed by atoms with E-state index in [0.29, 0.717) is 0 Å². The molecule has 0 unspecified atom stereocenters. The van der Waals surface area contributed by atoms with Gasteiger partial charge in [0, 0.05) is 6.54 Å². The van der Waals surface area contributed by atoms with Crippen LogP contribution in [0, 0.1) is 6.92 Å². The van der Waals surface area contributed by atoms with E-state index in [-0.39, 0.29) is 17.5 Å². The number of aryl methyl sites for hydroxylation is 1. The van der Waals surface area contributed by atoms with Crippen LogP contribution in [0.2, 0.25) is 0 Å². The average molecular weight is 280 g/mol. The fourth-order valence-electron chi connectivity index (χ4n) is 1.57. The fraction of sp³-hybridized carbons (Fsp3) is 0.333. The highest BCUT2D eigenvalue weighted by atomic mass is 32.2. The summed E-state index contributed by atoms with van der Waals surface area (Å²) in [4.78, 5) is 4.10. The molecule has 0 aliphatic rings. The van der Waals surface area contributed by atoms with Gasteiger partial charge in [-0.05, 0) is 26.0 Å². The summed E-state index contributed by atoms with van der Waals surface area (Å²) in [5, 5.41) is 3.97. The van der Waals surface area contributed by atoms with Gasteiger partial charge >= 0.3 is 0 Å². The molecule has 1 aromatic carbocycles. The average Bonchev–Trinajstić information content (AvgIpc) is 2.90. The van der Waals surface area contributed by atoms with Crippen LogP contribution < -0.4 is 4.72 Å². The van der Waals surface area contributed by atoms with Crippen molar-refractivity contribution >= 4 is 10.0 Å². The summed E-state index contributed by atoms with van der Waals surface area (Å²) in [6.07, 6.45) is 2.98. The summed E-state index contributed by atoms with van der Waals surface area (Å²) < 4.78 is 28.3. The Labute approximate surface area is 112 Å². The molecule has 0 saturated heterocycles. The molecule has 0 aliphatic heterocycles. The number of sulfonamides is 1. The van der Waals surface area contributed by atoms with Gasteiger partial charge in [0.25, 0.3) is 0 Å². The Morgan fingerprint density at radius 1 is 1.32 bits per heavy atom. The number of nitrogens with zero attached hydrogens (tertiary/aromatic N) is 3. The van der Waals surface area contributed by atoms with E-state index in [0.717, 1.165) is 5.56 Å². The van der Waals surface area contributed by atoms with Crippen molar-refractivity contribution < 1.29 is 8.42 Å². The van der Waals surface area contributed by atoms with E-state index in [9.17, 15) is 8.42 Å². The standard InChI is InChI=1S/C12H16N4O2S/c1-10-3-5-12(6-4-10)19(17,18)15-7-11(2)16-9-13-8-14-16/h3-6,8-9,11,15H,7H2,1-2H3/t11-/m0/s1. The Kier molecular flexibility index (Phi) is 3.96. The normalized spacial score (nSPS) is 13.4. The Balaban J connectivity index is 2.04. The third kappa shape index (κ3) is 3.39. The summed E-state index contributed by atoms with van der Waals surface area (Å²) in [5.74, 6) is 0. The Morgan fingerprint density at radius 3 is 2.58 bits per heavy atom. The summed E-state index contributed by atoms with van der Waals surface area (Å²) in [7, 11) is -3.47. The topological polar surface area (TPSA) is 76.9 Å². The minimum absolute atomic E-state index is 0.0947. The van der Waals surface area contributed by atoms with Crippen molar-refractivity contribution in [3.63, 3.8) is 0 Å². The van der Waals surface area contributed by atoms with E-state index in [1.807, 2.05) is 13.8 Å². The second-order valence-corrected chi connectivity index (χ2v) is 6.16. The molecular weight excluding hydrogens is 264 g/mol. The molecule has 2 rings (SSSR count). The lowest BCUT2D eigenvalue weighted by Crippen LogP contribution is -2.29. The zero-order valence-corrected chi connectivity index (χ0v) is 11.6. The molecule has 7 heteroatoms. The third-order valence-corrected chi connectivity index (χ3v) is 4.23. The minimum Gasteiger partial charge on any atom is -0.249 e. The molecule has 0 radical (unpaired) electrons. The van der Waals surface area contributed by atoms with Gasteiger partial charge in [-0.25, -0.2) is 22.8 Å². The number of nitrogens with one attached hydrogen (secondary N) is 1. The predicted octanol–water partition coefficient (Wildman–Crippen LogP) is 1.13. The van der Waals surface area contributed by atoms with E-state index in [2.05, 4.69) is 14.8 Å². The lowest BCUT2D eigenvalue weighted by molar-refractivity contribution is 0.478. The second-order valence-electron chi connectivity index (χ2n) is 4.39. The van der Waals surface area contributed by atoms with Gasteiger partial charge in [0.15, 0.2) is 0 Å². The molecule has 6 nitrogen and oxygen atoms in total. The first-order valence-electron chi connectivity index (χ1n) is 5.89. The maximum atomic E-state index is 12.1. The van der Waals surface area contributed by atoms with Gasteiger partial charge < -0.3 is 0 Å². The van der Waals surface area contributed by atoms with Crippen LogP contribution in [0.3, 0.4) is 0 Å². The van der Waals surface area contributed by atoms with E-state index in [1.54, 1.807) is 35.3 Å². The molecule has 1 aromatic heterocycles. The Bertz CT molecular complexity index is 620. The van der Waals surface area contributed by atoms with Crippen molar-refractivity contribution in [2.45, 2.75) is 24.8 Å². The number of hydrogen-bond acceptors (Lipinski definition) is 4. The van der Waals surface area contributed by atoms with Gasteiger partial charge in [-0.2, -0.15) is 5.10 Å². The lowest BCUT2D eigenvalue weighted by atomic mass is 10.2. The van der Waals surface area contributed by atoms with Crippen LogP contribution in [-0.4, -0.2) is 29.7 Å². The van der Waals surface area contributed by atoms with Crippen molar-refractivity contribution in [3.8, 4) is 0 Å². The molecule has 1 heterocycles. The van der Waals surface area contributed by atoms with Crippen LogP contribution >= 0.6 is 0 Å². The van der Waals surface area contributed by atoms with Crippen LogP contribution in [-0.2, 0) is 10.0 Å². The first-order valence-corrected chi connectivity index (χ1v) is 7.38. The third-order valence-electron chi connectivity index (χ3n) is 2.79. The summed E-state index contributed by atoms with van der Waals surface area (Å²) in [6.45, 7) is 4.04. The van der Waals surface area contributed by atoms with Crippen molar-refractivity contribution in [1.29, 1.82) is 0 Å². The number of aromatic nitrogens is 3. The molecule has 0 saturated carbocycles. The molecule has 0 aliphatic carbocycles.